The highest BCUT2D eigenvalue weighted by molar-refractivity contribution is 5.78. The van der Waals surface area contributed by atoms with Crippen molar-refractivity contribution in [3.63, 3.8) is 0 Å². The third-order valence-corrected chi connectivity index (χ3v) is 3.11. The van der Waals surface area contributed by atoms with Gasteiger partial charge in [-0.3, -0.25) is 9.69 Å². The van der Waals surface area contributed by atoms with Crippen molar-refractivity contribution in [2.24, 2.45) is 5.92 Å². The van der Waals surface area contributed by atoms with Gasteiger partial charge in [-0.15, -0.1) is 0 Å². The van der Waals surface area contributed by atoms with Gasteiger partial charge in [-0.05, 0) is 12.3 Å². The molecule has 2 saturated heterocycles. The molecule has 0 radical (unpaired) electrons. The first-order chi connectivity index (χ1) is 6.66. The molecule has 80 valence electrons. The van der Waals surface area contributed by atoms with Crippen molar-refractivity contribution in [1.82, 2.24) is 9.80 Å². The Morgan fingerprint density at radius 2 is 2.14 bits per heavy atom. The molecule has 3 heteroatoms. The van der Waals surface area contributed by atoms with Crippen molar-refractivity contribution in [1.29, 1.82) is 0 Å². The molecule has 0 aromatic rings. The molecule has 0 aliphatic carbocycles. The summed E-state index contributed by atoms with van der Waals surface area (Å²) in [5.74, 6) is 1.12. The molecule has 0 aromatic heterocycles. The van der Waals surface area contributed by atoms with Crippen LogP contribution in [0.3, 0.4) is 0 Å². The number of amides is 1. The Bertz CT molecular complexity index is 221. The third kappa shape index (κ3) is 1.92. The van der Waals surface area contributed by atoms with Crippen LogP contribution in [-0.4, -0.2) is 47.9 Å². The van der Waals surface area contributed by atoms with Crippen LogP contribution in [0.1, 0.15) is 26.7 Å². The van der Waals surface area contributed by atoms with Crippen LogP contribution < -0.4 is 0 Å². The molecule has 2 heterocycles. The maximum atomic E-state index is 11.4. The van der Waals surface area contributed by atoms with Crippen molar-refractivity contribution in [2.75, 3.05) is 26.2 Å². The number of likely N-dealkylation sites (tertiary alicyclic amines) is 2. The quantitative estimate of drug-likeness (QED) is 0.671. The average Bonchev–Trinajstić information content (AvgIpc) is 2.42. The lowest BCUT2D eigenvalue weighted by Gasteiger charge is -2.44. The Hall–Kier alpha value is -0.570. The van der Waals surface area contributed by atoms with Gasteiger partial charge in [0.2, 0.25) is 5.91 Å². The third-order valence-electron chi connectivity index (χ3n) is 3.11. The molecule has 14 heavy (non-hydrogen) atoms. The fourth-order valence-electron chi connectivity index (χ4n) is 2.46. The fourth-order valence-corrected chi connectivity index (χ4v) is 2.46. The fraction of sp³-hybridized carbons (Fsp3) is 0.909. The highest BCUT2D eigenvalue weighted by atomic mass is 16.2. The van der Waals surface area contributed by atoms with E-state index in [4.69, 9.17) is 0 Å². The number of hydrogen-bond donors (Lipinski definition) is 0. The molecule has 2 fully saturated rings. The molecule has 0 aromatic carbocycles. The lowest BCUT2D eigenvalue weighted by Crippen LogP contribution is -2.60. The average molecular weight is 196 g/mol. The van der Waals surface area contributed by atoms with Gasteiger partial charge in [-0.1, -0.05) is 13.8 Å². The summed E-state index contributed by atoms with van der Waals surface area (Å²) in [7, 11) is 0. The second kappa shape index (κ2) is 3.89. The van der Waals surface area contributed by atoms with Gasteiger partial charge in [0.05, 0.1) is 6.04 Å². The van der Waals surface area contributed by atoms with E-state index in [9.17, 15) is 4.79 Å². The van der Waals surface area contributed by atoms with E-state index in [-0.39, 0.29) is 0 Å². The Labute approximate surface area is 86.1 Å². The van der Waals surface area contributed by atoms with E-state index in [2.05, 4.69) is 23.6 Å². The molecule has 2 aliphatic rings. The molecule has 0 atom stereocenters. The highest BCUT2D eigenvalue weighted by Crippen LogP contribution is 2.21. The highest BCUT2D eigenvalue weighted by Gasteiger charge is 2.36. The van der Waals surface area contributed by atoms with E-state index < -0.39 is 0 Å². The molecular weight excluding hydrogens is 176 g/mol. The molecule has 0 saturated carbocycles. The normalized spacial score (nSPS) is 24.8. The summed E-state index contributed by atoms with van der Waals surface area (Å²) in [5, 5.41) is 0. The minimum Gasteiger partial charge on any atom is -0.337 e. The van der Waals surface area contributed by atoms with Crippen molar-refractivity contribution in [3.8, 4) is 0 Å². The summed E-state index contributed by atoms with van der Waals surface area (Å²) in [6.07, 6.45) is 1.85. The van der Waals surface area contributed by atoms with Gasteiger partial charge in [0.25, 0.3) is 0 Å². The number of carbonyl (C=O) groups is 1. The topological polar surface area (TPSA) is 23.6 Å². The van der Waals surface area contributed by atoms with Gasteiger partial charge in [0.1, 0.15) is 0 Å². The molecule has 0 spiro atoms. The smallest absolute Gasteiger partial charge is 0.222 e. The molecule has 0 N–H and O–H groups in total. The second-order valence-corrected chi connectivity index (χ2v) is 4.96. The lowest BCUT2D eigenvalue weighted by atomic mass is 10.1. The predicted octanol–water partition coefficient (Wildman–Crippen LogP) is 0.949. The minimum atomic E-state index is 0.374. The number of nitrogens with zero attached hydrogens (tertiary/aromatic N) is 2. The van der Waals surface area contributed by atoms with E-state index in [0.717, 1.165) is 38.4 Å². The summed E-state index contributed by atoms with van der Waals surface area (Å²) < 4.78 is 0. The lowest BCUT2D eigenvalue weighted by molar-refractivity contribution is -0.132. The Morgan fingerprint density at radius 3 is 2.64 bits per heavy atom. The second-order valence-electron chi connectivity index (χ2n) is 4.96. The maximum absolute atomic E-state index is 11.4. The van der Waals surface area contributed by atoms with Crippen molar-refractivity contribution in [2.45, 2.75) is 32.7 Å². The summed E-state index contributed by atoms with van der Waals surface area (Å²) in [6, 6.07) is 0.531. The largest absolute Gasteiger partial charge is 0.337 e. The van der Waals surface area contributed by atoms with Gasteiger partial charge in [0.15, 0.2) is 0 Å². The summed E-state index contributed by atoms with van der Waals surface area (Å²) in [4.78, 5) is 16.0. The van der Waals surface area contributed by atoms with Crippen LogP contribution in [0.15, 0.2) is 0 Å². The van der Waals surface area contributed by atoms with E-state index in [1.54, 1.807) is 0 Å². The number of rotatable bonds is 3. The predicted molar refractivity (Wildman–Crippen MR) is 56.0 cm³/mol. The van der Waals surface area contributed by atoms with E-state index in [1.165, 1.54) is 6.54 Å². The van der Waals surface area contributed by atoms with Gasteiger partial charge in [-0.25, -0.2) is 0 Å². The molecular formula is C11H20N2O. The molecule has 2 aliphatic heterocycles. The van der Waals surface area contributed by atoms with Gasteiger partial charge >= 0.3 is 0 Å². The van der Waals surface area contributed by atoms with Gasteiger partial charge in [0, 0.05) is 32.6 Å². The van der Waals surface area contributed by atoms with E-state index in [0.29, 0.717) is 11.9 Å². The molecule has 2 rings (SSSR count). The first kappa shape index (κ1) is 9.97. The molecule has 1 amide bonds. The SMILES string of the molecule is CC(C)CN1CC(N2CCCC2=O)C1. The molecule has 0 unspecified atom stereocenters. The van der Waals surface area contributed by atoms with Crippen LogP contribution in [0.4, 0.5) is 0 Å². The maximum Gasteiger partial charge on any atom is 0.222 e. The Balaban J connectivity index is 1.74. The first-order valence-electron chi connectivity index (χ1n) is 5.68. The zero-order valence-corrected chi connectivity index (χ0v) is 9.20. The van der Waals surface area contributed by atoms with Crippen LogP contribution in [0.25, 0.3) is 0 Å². The van der Waals surface area contributed by atoms with E-state index in [1.807, 2.05) is 0 Å². The Kier molecular flexibility index (Phi) is 2.77. The minimum absolute atomic E-state index is 0.374. The summed E-state index contributed by atoms with van der Waals surface area (Å²) in [6.45, 7) is 8.87. The summed E-state index contributed by atoms with van der Waals surface area (Å²) in [5.41, 5.74) is 0. The zero-order chi connectivity index (χ0) is 10.1. The number of carbonyl (C=O) groups excluding carboxylic acids is 1. The van der Waals surface area contributed by atoms with Crippen molar-refractivity contribution >= 4 is 5.91 Å². The van der Waals surface area contributed by atoms with Crippen molar-refractivity contribution < 1.29 is 4.79 Å². The van der Waals surface area contributed by atoms with Crippen LogP contribution in [-0.2, 0) is 4.79 Å². The van der Waals surface area contributed by atoms with Gasteiger partial charge < -0.3 is 4.90 Å². The van der Waals surface area contributed by atoms with Gasteiger partial charge in [-0.2, -0.15) is 0 Å². The molecule has 3 nitrogen and oxygen atoms in total. The zero-order valence-electron chi connectivity index (χ0n) is 9.20. The van der Waals surface area contributed by atoms with Crippen LogP contribution >= 0.6 is 0 Å². The van der Waals surface area contributed by atoms with Crippen LogP contribution in [0, 0.1) is 5.92 Å². The summed E-state index contributed by atoms with van der Waals surface area (Å²) >= 11 is 0. The molecule has 0 bridgehead atoms. The Morgan fingerprint density at radius 1 is 1.43 bits per heavy atom. The van der Waals surface area contributed by atoms with Crippen LogP contribution in [0.5, 0.6) is 0 Å². The monoisotopic (exact) mass is 196 g/mol. The first-order valence-corrected chi connectivity index (χ1v) is 5.68. The van der Waals surface area contributed by atoms with Crippen molar-refractivity contribution in [3.05, 3.63) is 0 Å². The number of hydrogen-bond acceptors (Lipinski definition) is 2. The van der Waals surface area contributed by atoms with E-state index >= 15 is 0 Å². The van der Waals surface area contributed by atoms with Crippen LogP contribution in [0.2, 0.25) is 0 Å². The standard InChI is InChI=1S/C11H20N2O/c1-9(2)6-12-7-10(8-12)13-5-3-4-11(13)14/h9-10H,3-8H2,1-2H3.